The Morgan fingerprint density at radius 3 is 2.33 bits per heavy atom. The SMILES string of the molecule is O=C1CC(N2CCN(c3ncccn3)CC2)C(=O)N1c1ccc(Cl)c(Cl)c1. The number of amides is 2. The van der Waals surface area contributed by atoms with Gasteiger partial charge in [0, 0.05) is 38.6 Å². The molecule has 0 spiro atoms. The van der Waals surface area contributed by atoms with E-state index in [0.29, 0.717) is 47.9 Å². The number of imide groups is 1. The zero-order chi connectivity index (χ0) is 19.0. The van der Waals surface area contributed by atoms with E-state index in [1.165, 1.54) is 4.90 Å². The molecule has 2 fully saturated rings. The van der Waals surface area contributed by atoms with Crippen LogP contribution in [0.25, 0.3) is 0 Å². The summed E-state index contributed by atoms with van der Waals surface area (Å²) in [6.45, 7) is 2.73. The summed E-state index contributed by atoms with van der Waals surface area (Å²) in [5.41, 5.74) is 0.457. The van der Waals surface area contributed by atoms with Crippen LogP contribution in [0.1, 0.15) is 6.42 Å². The largest absolute Gasteiger partial charge is 0.338 e. The minimum atomic E-state index is -0.453. The summed E-state index contributed by atoms with van der Waals surface area (Å²) >= 11 is 12.0. The van der Waals surface area contributed by atoms with Gasteiger partial charge < -0.3 is 4.90 Å². The molecule has 2 aliphatic heterocycles. The summed E-state index contributed by atoms with van der Waals surface area (Å²) in [4.78, 5) is 39.3. The van der Waals surface area contributed by atoms with E-state index < -0.39 is 6.04 Å². The summed E-state index contributed by atoms with van der Waals surface area (Å²) in [5, 5.41) is 0.699. The number of hydrogen-bond acceptors (Lipinski definition) is 6. The van der Waals surface area contributed by atoms with Gasteiger partial charge in [0.25, 0.3) is 5.91 Å². The maximum atomic E-state index is 12.9. The van der Waals surface area contributed by atoms with Crippen molar-refractivity contribution in [3.05, 3.63) is 46.7 Å². The van der Waals surface area contributed by atoms with Crippen molar-refractivity contribution in [1.29, 1.82) is 0 Å². The molecule has 2 aliphatic rings. The van der Waals surface area contributed by atoms with E-state index in [1.807, 2.05) is 0 Å². The Balaban J connectivity index is 1.45. The number of anilines is 2. The first-order valence-electron chi connectivity index (χ1n) is 8.62. The lowest BCUT2D eigenvalue weighted by Gasteiger charge is -2.36. The quantitative estimate of drug-likeness (QED) is 0.729. The molecule has 0 N–H and O–H groups in total. The molecule has 3 heterocycles. The van der Waals surface area contributed by atoms with Crippen molar-refractivity contribution in [3.63, 3.8) is 0 Å². The van der Waals surface area contributed by atoms with Crippen LogP contribution < -0.4 is 9.80 Å². The lowest BCUT2D eigenvalue weighted by molar-refractivity contribution is -0.123. The average Bonchev–Trinajstić information content (AvgIpc) is 2.99. The molecular formula is C18H17Cl2N5O2. The second-order valence-corrected chi connectivity index (χ2v) is 7.27. The standard InChI is InChI=1S/C18H17Cl2N5O2/c19-13-3-2-12(10-14(13)20)25-16(26)11-15(17(25)27)23-6-8-24(9-7-23)18-21-4-1-5-22-18/h1-5,10,15H,6-9,11H2. The van der Waals surface area contributed by atoms with Gasteiger partial charge in [0.15, 0.2) is 0 Å². The van der Waals surface area contributed by atoms with Crippen LogP contribution in [0.4, 0.5) is 11.6 Å². The van der Waals surface area contributed by atoms with Crippen molar-refractivity contribution in [3.8, 4) is 0 Å². The fourth-order valence-corrected chi connectivity index (χ4v) is 3.78. The molecule has 2 aromatic rings. The molecule has 1 atom stereocenters. The van der Waals surface area contributed by atoms with E-state index in [0.717, 1.165) is 0 Å². The molecular weight excluding hydrogens is 389 g/mol. The number of benzene rings is 1. The molecule has 0 aliphatic carbocycles. The van der Waals surface area contributed by atoms with Crippen LogP contribution in [0.5, 0.6) is 0 Å². The molecule has 0 radical (unpaired) electrons. The van der Waals surface area contributed by atoms with Gasteiger partial charge in [-0.1, -0.05) is 23.2 Å². The third kappa shape index (κ3) is 3.50. The van der Waals surface area contributed by atoms with Gasteiger partial charge in [-0.05, 0) is 24.3 Å². The monoisotopic (exact) mass is 405 g/mol. The van der Waals surface area contributed by atoms with E-state index in [-0.39, 0.29) is 18.2 Å². The third-order valence-electron chi connectivity index (χ3n) is 4.87. The Morgan fingerprint density at radius 2 is 1.67 bits per heavy atom. The minimum Gasteiger partial charge on any atom is -0.338 e. The van der Waals surface area contributed by atoms with Crippen LogP contribution in [-0.4, -0.2) is 58.9 Å². The molecule has 1 aromatic carbocycles. The molecule has 2 amide bonds. The third-order valence-corrected chi connectivity index (χ3v) is 5.61. The van der Waals surface area contributed by atoms with Gasteiger partial charge in [-0.2, -0.15) is 0 Å². The lowest BCUT2D eigenvalue weighted by atomic mass is 10.2. The lowest BCUT2D eigenvalue weighted by Crippen LogP contribution is -2.53. The summed E-state index contributed by atoms with van der Waals surface area (Å²) in [6.07, 6.45) is 3.59. The van der Waals surface area contributed by atoms with Crippen molar-refractivity contribution in [2.75, 3.05) is 36.0 Å². The van der Waals surface area contributed by atoms with E-state index in [2.05, 4.69) is 19.8 Å². The van der Waals surface area contributed by atoms with Crippen molar-refractivity contribution in [2.45, 2.75) is 12.5 Å². The van der Waals surface area contributed by atoms with Gasteiger partial charge in [-0.25, -0.2) is 14.9 Å². The first kappa shape index (κ1) is 18.2. The van der Waals surface area contributed by atoms with Crippen molar-refractivity contribution >= 4 is 46.7 Å². The molecule has 9 heteroatoms. The molecule has 0 bridgehead atoms. The summed E-state index contributed by atoms with van der Waals surface area (Å²) in [5.74, 6) is 0.239. The smallest absolute Gasteiger partial charge is 0.251 e. The van der Waals surface area contributed by atoms with Gasteiger partial charge in [0.05, 0.1) is 28.2 Å². The molecule has 2 saturated heterocycles. The molecule has 7 nitrogen and oxygen atoms in total. The van der Waals surface area contributed by atoms with Gasteiger partial charge in [0.2, 0.25) is 11.9 Å². The van der Waals surface area contributed by atoms with E-state index in [1.54, 1.807) is 36.7 Å². The van der Waals surface area contributed by atoms with E-state index >= 15 is 0 Å². The molecule has 4 rings (SSSR count). The Labute approximate surface area is 166 Å². The minimum absolute atomic E-state index is 0.168. The number of aromatic nitrogens is 2. The second kappa shape index (κ2) is 7.42. The van der Waals surface area contributed by atoms with Crippen molar-refractivity contribution < 1.29 is 9.59 Å². The maximum Gasteiger partial charge on any atom is 0.251 e. The molecule has 1 aromatic heterocycles. The molecule has 140 valence electrons. The fraction of sp³-hybridized carbons (Fsp3) is 0.333. The van der Waals surface area contributed by atoms with E-state index in [9.17, 15) is 9.59 Å². The Kier molecular flexibility index (Phi) is 4.99. The van der Waals surface area contributed by atoms with Crippen LogP contribution in [0.3, 0.4) is 0 Å². The van der Waals surface area contributed by atoms with Crippen molar-refractivity contribution in [1.82, 2.24) is 14.9 Å². The summed E-state index contributed by atoms with van der Waals surface area (Å²) in [7, 11) is 0. The number of carbonyl (C=O) groups excluding carboxylic acids is 2. The highest BCUT2D eigenvalue weighted by Gasteiger charge is 2.43. The number of carbonyl (C=O) groups is 2. The number of piperazine rings is 1. The van der Waals surface area contributed by atoms with Gasteiger partial charge in [-0.15, -0.1) is 0 Å². The van der Waals surface area contributed by atoms with Gasteiger partial charge >= 0.3 is 0 Å². The van der Waals surface area contributed by atoms with Crippen LogP contribution in [0, 0.1) is 0 Å². The van der Waals surface area contributed by atoms with Gasteiger partial charge in [0.1, 0.15) is 0 Å². The number of rotatable bonds is 3. The topological polar surface area (TPSA) is 69.6 Å². The van der Waals surface area contributed by atoms with Crippen LogP contribution in [-0.2, 0) is 9.59 Å². The first-order chi connectivity index (χ1) is 13.0. The molecule has 0 saturated carbocycles. The number of nitrogens with zero attached hydrogens (tertiary/aromatic N) is 5. The fourth-order valence-electron chi connectivity index (χ4n) is 3.48. The van der Waals surface area contributed by atoms with Crippen LogP contribution >= 0.6 is 23.2 Å². The predicted octanol–water partition coefficient (Wildman–Crippen LogP) is 2.24. The highest BCUT2D eigenvalue weighted by molar-refractivity contribution is 6.42. The van der Waals surface area contributed by atoms with Crippen molar-refractivity contribution in [2.24, 2.45) is 0 Å². The highest BCUT2D eigenvalue weighted by atomic mass is 35.5. The Morgan fingerprint density at radius 1 is 0.963 bits per heavy atom. The van der Waals surface area contributed by atoms with E-state index in [4.69, 9.17) is 23.2 Å². The zero-order valence-corrected chi connectivity index (χ0v) is 15.9. The summed E-state index contributed by atoms with van der Waals surface area (Å²) < 4.78 is 0. The van der Waals surface area contributed by atoms with Gasteiger partial charge in [-0.3, -0.25) is 14.5 Å². The van der Waals surface area contributed by atoms with Crippen LogP contribution in [0.2, 0.25) is 10.0 Å². The van der Waals surface area contributed by atoms with Crippen LogP contribution in [0.15, 0.2) is 36.7 Å². The molecule has 1 unspecified atom stereocenters. The summed E-state index contributed by atoms with van der Waals surface area (Å²) in [6, 6.07) is 6.10. The first-order valence-corrected chi connectivity index (χ1v) is 9.38. The maximum absolute atomic E-state index is 12.9. The number of hydrogen-bond donors (Lipinski definition) is 0. The molecule has 27 heavy (non-hydrogen) atoms. The highest BCUT2D eigenvalue weighted by Crippen LogP contribution is 2.31. The average molecular weight is 406 g/mol. The second-order valence-electron chi connectivity index (χ2n) is 6.46. The Bertz CT molecular complexity index is 871. The normalized spacial score (nSPS) is 21.2. The zero-order valence-electron chi connectivity index (χ0n) is 14.4. The number of halogens is 2. The Hall–Kier alpha value is -2.22. The predicted molar refractivity (Wildman–Crippen MR) is 103 cm³/mol.